The number of hydrogen-bond donors (Lipinski definition) is 1. The van der Waals surface area contributed by atoms with Gasteiger partial charge in [0, 0.05) is 31.2 Å². The van der Waals surface area contributed by atoms with Gasteiger partial charge < -0.3 is 10.2 Å². The van der Waals surface area contributed by atoms with Crippen LogP contribution in [0.1, 0.15) is 52.9 Å². The zero-order valence-corrected chi connectivity index (χ0v) is 13.8. The van der Waals surface area contributed by atoms with Crippen molar-refractivity contribution in [1.82, 2.24) is 15.1 Å². The molecule has 1 aliphatic heterocycles. The fraction of sp³-hybridized carbons (Fsp3) is 0.938. The Labute approximate surface area is 123 Å². The van der Waals surface area contributed by atoms with Crippen molar-refractivity contribution in [3.8, 4) is 0 Å². The van der Waals surface area contributed by atoms with E-state index in [1.54, 1.807) is 0 Å². The number of nitrogens with one attached hydrogen (secondary N) is 1. The lowest BCUT2D eigenvalue weighted by atomic mass is 9.87. The molecular weight excluding hydrogens is 250 g/mol. The quantitative estimate of drug-likeness (QED) is 0.857. The molecule has 0 bridgehead atoms. The highest BCUT2D eigenvalue weighted by atomic mass is 16.2. The molecule has 1 heterocycles. The second-order valence-corrected chi connectivity index (χ2v) is 7.59. The van der Waals surface area contributed by atoms with Crippen LogP contribution in [0.15, 0.2) is 0 Å². The third-order valence-corrected chi connectivity index (χ3v) is 4.77. The van der Waals surface area contributed by atoms with Gasteiger partial charge in [0.05, 0.1) is 6.04 Å². The van der Waals surface area contributed by atoms with E-state index in [9.17, 15) is 4.79 Å². The normalized spacial score (nSPS) is 31.8. The van der Waals surface area contributed by atoms with Crippen molar-refractivity contribution in [1.29, 1.82) is 0 Å². The molecule has 0 aromatic rings. The van der Waals surface area contributed by atoms with Crippen molar-refractivity contribution >= 4 is 5.91 Å². The minimum absolute atomic E-state index is 0.109. The summed E-state index contributed by atoms with van der Waals surface area (Å²) in [4.78, 5) is 16.8. The van der Waals surface area contributed by atoms with Crippen molar-refractivity contribution in [3.05, 3.63) is 0 Å². The molecule has 0 aromatic carbocycles. The first-order valence-corrected chi connectivity index (χ1v) is 8.04. The predicted octanol–water partition coefficient (Wildman–Crippen LogP) is 1.85. The van der Waals surface area contributed by atoms with Gasteiger partial charge in [-0.1, -0.05) is 12.8 Å². The number of rotatable bonds is 3. The predicted molar refractivity (Wildman–Crippen MR) is 82.7 cm³/mol. The van der Waals surface area contributed by atoms with Crippen molar-refractivity contribution in [2.45, 2.75) is 76.5 Å². The molecule has 3 atom stereocenters. The molecule has 2 fully saturated rings. The summed E-state index contributed by atoms with van der Waals surface area (Å²) in [6.45, 7) is 7.68. The molecule has 1 amide bonds. The van der Waals surface area contributed by atoms with E-state index in [1.807, 2.05) is 19.0 Å². The zero-order valence-electron chi connectivity index (χ0n) is 13.8. The van der Waals surface area contributed by atoms with E-state index >= 15 is 0 Å². The first kappa shape index (κ1) is 15.8. The fourth-order valence-electron chi connectivity index (χ4n) is 3.53. The Morgan fingerprint density at radius 1 is 1.20 bits per heavy atom. The molecule has 116 valence electrons. The Hall–Kier alpha value is -0.610. The minimum Gasteiger partial charge on any atom is -0.340 e. The molecule has 4 heteroatoms. The van der Waals surface area contributed by atoms with Gasteiger partial charge >= 0.3 is 0 Å². The van der Waals surface area contributed by atoms with Crippen LogP contribution in [0.3, 0.4) is 0 Å². The zero-order chi connectivity index (χ0) is 14.9. The maximum Gasteiger partial charge on any atom is 0.240 e. The van der Waals surface area contributed by atoms with Gasteiger partial charge in [0.2, 0.25) is 5.91 Å². The molecule has 0 spiro atoms. The third-order valence-electron chi connectivity index (χ3n) is 4.77. The molecule has 0 aromatic heterocycles. The summed E-state index contributed by atoms with van der Waals surface area (Å²) in [6, 6.07) is 0.907. The molecule has 1 N–H and O–H groups in total. The van der Waals surface area contributed by atoms with Crippen LogP contribution < -0.4 is 5.32 Å². The Bertz CT molecular complexity index is 350. The van der Waals surface area contributed by atoms with Crippen molar-refractivity contribution in [3.63, 3.8) is 0 Å². The molecule has 0 radical (unpaired) electrons. The van der Waals surface area contributed by atoms with Crippen LogP contribution in [-0.2, 0) is 4.79 Å². The number of carbonyl (C=O) groups excluding carboxylic acids is 1. The van der Waals surface area contributed by atoms with Gasteiger partial charge in [-0.3, -0.25) is 9.69 Å². The standard InChI is InChI=1S/C16H31N3O/c1-16(2,3)17-12-8-6-7-9-13(12)19(5)15(20)14-10-11-18(14)4/h12-14,17H,6-11H2,1-5H3/t12-,13-,14-/m0/s1. The van der Waals surface area contributed by atoms with Crippen LogP contribution in [0.2, 0.25) is 0 Å². The van der Waals surface area contributed by atoms with Crippen molar-refractivity contribution in [2.75, 3.05) is 20.6 Å². The molecule has 2 rings (SSSR count). The second kappa shape index (κ2) is 6.02. The van der Waals surface area contributed by atoms with Crippen molar-refractivity contribution in [2.24, 2.45) is 0 Å². The topological polar surface area (TPSA) is 35.6 Å². The summed E-state index contributed by atoms with van der Waals surface area (Å²) in [7, 11) is 4.05. The van der Waals surface area contributed by atoms with Gasteiger partial charge in [0.15, 0.2) is 0 Å². The lowest BCUT2D eigenvalue weighted by molar-refractivity contribution is -0.142. The first-order valence-electron chi connectivity index (χ1n) is 8.04. The third kappa shape index (κ3) is 3.53. The average molecular weight is 281 g/mol. The smallest absolute Gasteiger partial charge is 0.240 e. The fourth-order valence-corrected chi connectivity index (χ4v) is 3.53. The summed E-state index contributed by atoms with van der Waals surface area (Å²) in [5.74, 6) is 0.311. The number of hydrogen-bond acceptors (Lipinski definition) is 3. The van der Waals surface area contributed by atoms with E-state index in [1.165, 1.54) is 19.3 Å². The Balaban J connectivity index is 2.01. The van der Waals surface area contributed by atoms with Crippen LogP contribution in [-0.4, -0.2) is 60.0 Å². The van der Waals surface area contributed by atoms with Gasteiger partial charge in [0.25, 0.3) is 0 Å². The van der Waals surface area contributed by atoms with Gasteiger partial charge in [-0.25, -0.2) is 0 Å². The van der Waals surface area contributed by atoms with E-state index in [0.29, 0.717) is 18.0 Å². The van der Waals surface area contributed by atoms with E-state index in [-0.39, 0.29) is 11.6 Å². The molecule has 1 aliphatic carbocycles. The Morgan fingerprint density at radius 2 is 1.85 bits per heavy atom. The van der Waals surface area contributed by atoms with E-state index in [4.69, 9.17) is 0 Å². The molecule has 2 aliphatic rings. The first-order chi connectivity index (χ1) is 9.29. The summed E-state index contributed by atoms with van der Waals surface area (Å²) >= 11 is 0. The number of amides is 1. The summed E-state index contributed by atoms with van der Waals surface area (Å²) < 4.78 is 0. The number of nitrogens with zero attached hydrogens (tertiary/aromatic N) is 2. The molecule has 0 unspecified atom stereocenters. The van der Waals surface area contributed by atoms with Gasteiger partial charge in [-0.05, 0) is 47.1 Å². The average Bonchev–Trinajstić information content (AvgIpc) is 2.35. The lowest BCUT2D eigenvalue weighted by Crippen LogP contribution is -2.61. The van der Waals surface area contributed by atoms with Crippen molar-refractivity contribution < 1.29 is 4.79 Å². The Kier molecular flexibility index (Phi) is 4.75. The number of likely N-dealkylation sites (tertiary alicyclic amines) is 1. The second-order valence-electron chi connectivity index (χ2n) is 7.59. The van der Waals surface area contributed by atoms with Crippen LogP contribution >= 0.6 is 0 Å². The molecule has 20 heavy (non-hydrogen) atoms. The van der Waals surface area contributed by atoms with E-state index < -0.39 is 0 Å². The molecule has 1 saturated carbocycles. The maximum atomic E-state index is 12.6. The largest absolute Gasteiger partial charge is 0.340 e. The van der Waals surface area contributed by atoms with Gasteiger partial charge in [-0.2, -0.15) is 0 Å². The van der Waals surface area contributed by atoms with Crippen LogP contribution in [0.4, 0.5) is 0 Å². The molecule has 1 saturated heterocycles. The highest BCUT2D eigenvalue weighted by Gasteiger charge is 2.38. The number of carbonyl (C=O) groups is 1. The monoisotopic (exact) mass is 281 g/mol. The highest BCUT2D eigenvalue weighted by molar-refractivity contribution is 5.82. The summed E-state index contributed by atoms with van der Waals surface area (Å²) in [6.07, 6.45) is 5.84. The Morgan fingerprint density at radius 3 is 2.35 bits per heavy atom. The SMILES string of the molecule is CN1CC[C@H]1C(=O)N(C)[C@H]1CCCC[C@@H]1NC(C)(C)C. The van der Waals surface area contributed by atoms with Crippen LogP contribution in [0.5, 0.6) is 0 Å². The van der Waals surface area contributed by atoms with Gasteiger partial charge in [0.1, 0.15) is 0 Å². The minimum atomic E-state index is 0.109. The summed E-state index contributed by atoms with van der Waals surface area (Å²) in [5.41, 5.74) is 0.109. The van der Waals surface area contributed by atoms with E-state index in [2.05, 4.69) is 31.0 Å². The number of likely N-dealkylation sites (N-methyl/N-ethyl adjacent to an activating group) is 2. The maximum absolute atomic E-state index is 12.6. The van der Waals surface area contributed by atoms with E-state index in [0.717, 1.165) is 19.4 Å². The van der Waals surface area contributed by atoms with Crippen LogP contribution in [0, 0.1) is 0 Å². The lowest BCUT2D eigenvalue weighted by Gasteiger charge is -2.45. The summed E-state index contributed by atoms with van der Waals surface area (Å²) in [5, 5.41) is 3.72. The highest BCUT2D eigenvalue weighted by Crippen LogP contribution is 2.26. The molecule has 4 nitrogen and oxygen atoms in total. The van der Waals surface area contributed by atoms with Crippen LogP contribution in [0.25, 0.3) is 0 Å². The van der Waals surface area contributed by atoms with Gasteiger partial charge in [-0.15, -0.1) is 0 Å². The molecular formula is C16H31N3O.